The van der Waals surface area contributed by atoms with Gasteiger partial charge in [0.15, 0.2) is 6.29 Å². The van der Waals surface area contributed by atoms with Gasteiger partial charge in [-0.1, -0.05) is 11.8 Å². The van der Waals surface area contributed by atoms with Crippen molar-refractivity contribution in [3.8, 4) is 0 Å². The van der Waals surface area contributed by atoms with Crippen LogP contribution in [0.2, 0.25) is 0 Å². The molecule has 0 saturated carbocycles. The summed E-state index contributed by atoms with van der Waals surface area (Å²) in [6, 6.07) is 5.36. The Labute approximate surface area is 91.5 Å². The molecule has 76 valence electrons. The molecule has 0 radical (unpaired) electrons. The zero-order valence-corrected chi connectivity index (χ0v) is 8.95. The van der Waals surface area contributed by atoms with Crippen molar-refractivity contribution in [2.24, 2.45) is 0 Å². The Balaban J connectivity index is 2.32. The van der Waals surface area contributed by atoms with Gasteiger partial charge >= 0.3 is 0 Å². The fraction of sp³-hybridized carbons (Fsp3) is 0.0909. The first-order valence-corrected chi connectivity index (χ1v) is 5.25. The molecule has 4 heteroatoms. The normalized spacial score (nSPS) is 10.2. The van der Waals surface area contributed by atoms with Crippen LogP contribution in [0, 0.1) is 6.92 Å². The Morgan fingerprint density at radius 1 is 1.47 bits per heavy atom. The molecule has 0 aliphatic carbocycles. The Morgan fingerprint density at radius 3 is 3.00 bits per heavy atom. The van der Waals surface area contributed by atoms with Crippen LogP contribution in [0.5, 0.6) is 0 Å². The first kappa shape index (κ1) is 9.98. The Bertz CT molecular complexity index is 479. The van der Waals surface area contributed by atoms with Crippen molar-refractivity contribution in [2.75, 3.05) is 0 Å². The van der Waals surface area contributed by atoms with E-state index in [1.807, 2.05) is 13.0 Å². The van der Waals surface area contributed by atoms with Crippen LogP contribution in [-0.2, 0) is 0 Å². The lowest BCUT2D eigenvalue weighted by Crippen LogP contribution is -1.88. The van der Waals surface area contributed by atoms with E-state index in [0.717, 1.165) is 16.9 Å². The second-order valence-electron chi connectivity index (χ2n) is 2.96. The van der Waals surface area contributed by atoms with Crippen molar-refractivity contribution in [1.82, 2.24) is 4.98 Å². The second-order valence-corrected chi connectivity index (χ2v) is 3.99. The molecule has 0 atom stereocenters. The van der Waals surface area contributed by atoms with Crippen LogP contribution in [0.15, 0.2) is 45.0 Å². The molecule has 0 saturated heterocycles. The lowest BCUT2D eigenvalue weighted by Gasteiger charge is -2.00. The molecule has 3 nitrogen and oxygen atoms in total. The van der Waals surface area contributed by atoms with Crippen LogP contribution in [0.1, 0.15) is 16.1 Å². The van der Waals surface area contributed by atoms with Crippen molar-refractivity contribution < 1.29 is 9.21 Å². The van der Waals surface area contributed by atoms with Gasteiger partial charge in [0.25, 0.3) is 0 Å². The van der Waals surface area contributed by atoms with Gasteiger partial charge in [-0.3, -0.25) is 4.79 Å². The third-order valence-electron chi connectivity index (χ3n) is 1.95. The van der Waals surface area contributed by atoms with Gasteiger partial charge in [-0.25, -0.2) is 4.98 Å². The van der Waals surface area contributed by atoms with Gasteiger partial charge in [-0.05, 0) is 25.1 Å². The molecular formula is C11H9NO2S. The topological polar surface area (TPSA) is 43.1 Å². The van der Waals surface area contributed by atoms with E-state index in [-0.39, 0.29) is 0 Å². The zero-order valence-electron chi connectivity index (χ0n) is 8.14. The molecule has 2 aromatic heterocycles. The molecular weight excluding hydrogens is 210 g/mol. The van der Waals surface area contributed by atoms with Gasteiger partial charge in [0.05, 0.1) is 11.2 Å². The summed E-state index contributed by atoms with van der Waals surface area (Å²) in [4.78, 5) is 15.9. The molecule has 0 aliphatic heterocycles. The molecule has 0 unspecified atom stereocenters. The lowest BCUT2D eigenvalue weighted by atomic mass is 10.3. The number of pyridine rings is 1. The highest BCUT2D eigenvalue weighted by atomic mass is 32.2. The smallest absolute Gasteiger partial charge is 0.152 e. The van der Waals surface area contributed by atoms with Gasteiger partial charge in [-0.15, -0.1) is 0 Å². The summed E-state index contributed by atoms with van der Waals surface area (Å²) >= 11 is 1.44. The minimum Gasteiger partial charge on any atom is -0.468 e. The highest BCUT2D eigenvalue weighted by Gasteiger charge is 2.08. The minimum absolute atomic E-state index is 0.600. The predicted molar refractivity (Wildman–Crippen MR) is 57.2 cm³/mol. The monoisotopic (exact) mass is 219 g/mol. The molecule has 2 rings (SSSR count). The van der Waals surface area contributed by atoms with E-state index in [0.29, 0.717) is 10.6 Å². The highest BCUT2D eigenvalue weighted by Crippen LogP contribution is 2.30. The summed E-state index contributed by atoms with van der Waals surface area (Å²) in [5.74, 6) is 0.836. The van der Waals surface area contributed by atoms with E-state index < -0.39 is 0 Å². The summed E-state index contributed by atoms with van der Waals surface area (Å²) in [5, 5.41) is 0.706. The molecule has 2 aromatic rings. The summed E-state index contributed by atoms with van der Waals surface area (Å²) in [7, 11) is 0. The predicted octanol–water partition coefficient (Wildman–Crippen LogP) is 2.95. The highest BCUT2D eigenvalue weighted by molar-refractivity contribution is 7.99. The van der Waals surface area contributed by atoms with E-state index in [4.69, 9.17) is 4.42 Å². The molecule has 0 amide bonds. The number of furan rings is 1. The van der Waals surface area contributed by atoms with Gasteiger partial charge in [0, 0.05) is 11.8 Å². The van der Waals surface area contributed by atoms with E-state index in [9.17, 15) is 4.79 Å². The van der Waals surface area contributed by atoms with E-state index >= 15 is 0 Å². The van der Waals surface area contributed by atoms with Crippen LogP contribution < -0.4 is 0 Å². The molecule has 0 aliphatic rings. The first-order chi connectivity index (χ1) is 7.31. The quantitative estimate of drug-likeness (QED) is 0.744. The lowest BCUT2D eigenvalue weighted by molar-refractivity contribution is 0.112. The Morgan fingerprint density at radius 2 is 2.33 bits per heavy atom. The summed E-state index contributed by atoms with van der Waals surface area (Å²) < 4.78 is 5.17. The SMILES string of the molecule is Cc1occc1Sc1ncccc1C=O. The molecule has 0 N–H and O–H groups in total. The zero-order chi connectivity index (χ0) is 10.7. The van der Waals surface area contributed by atoms with Crippen LogP contribution in [0.25, 0.3) is 0 Å². The maximum atomic E-state index is 10.8. The maximum absolute atomic E-state index is 10.8. The van der Waals surface area contributed by atoms with Gasteiger partial charge in [0.2, 0.25) is 0 Å². The summed E-state index contributed by atoms with van der Waals surface area (Å²) in [6.07, 6.45) is 4.11. The van der Waals surface area contributed by atoms with Crippen molar-refractivity contribution in [3.05, 3.63) is 42.0 Å². The van der Waals surface area contributed by atoms with Gasteiger partial charge in [-0.2, -0.15) is 0 Å². The van der Waals surface area contributed by atoms with Crippen molar-refractivity contribution >= 4 is 18.0 Å². The minimum atomic E-state index is 0.600. The van der Waals surface area contributed by atoms with Gasteiger partial charge < -0.3 is 4.42 Å². The van der Waals surface area contributed by atoms with Crippen LogP contribution in [0.4, 0.5) is 0 Å². The number of carbonyl (C=O) groups is 1. The standard InChI is InChI=1S/C11H9NO2S/c1-8-10(4-6-14-8)15-11-9(7-13)3-2-5-12-11/h2-7H,1H3. The number of rotatable bonds is 3. The Kier molecular flexibility index (Phi) is 2.87. The third kappa shape index (κ3) is 2.10. The average Bonchev–Trinajstić information content (AvgIpc) is 2.65. The van der Waals surface area contributed by atoms with Crippen LogP contribution >= 0.6 is 11.8 Å². The third-order valence-corrected chi connectivity index (χ3v) is 3.12. The van der Waals surface area contributed by atoms with Crippen molar-refractivity contribution in [1.29, 1.82) is 0 Å². The van der Waals surface area contributed by atoms with E-state index in [2.05, 4.69) is 4.98 Å². The van der Waals surface area contributed by atoms with Crippen molar-refractivity contribution in [3.63, 3.8) is 0 Å². The number of aryl methyl sites for hydroxylation is 1. The molecule has 0 spiro atoms. The van der Waals surface area contributed by atoms with Crippen LogP contribution in [-0.4, -0.2) is 11.3 Å². The number of aromatic nitrogens is 1. The Hall–Kier alpha value is -1.55. The largest absolute Gasteiger partial charge is 0.468 e. The first-order valence-electron chi connectivity index (χ1n) is 4.43. The summed E-state index contributed by atoms with van der Waals surface area (Å²) in [5.41, 5.74) is 0.600. The fourth-order valence-electron chi connectivity index (χ4n) is 1.16. The maximum Gasteiger partial charge on any atom is 0.152 e. The fourth-order valence-corrected chi connectivity index (χ4v) is 2.03. The summed E-state index contributed by atoms with van der Waals surface area (Å²) in [6.45, 7) is 1.88. The van der Waals surface area contributed by atoms with E-state index in [1.54, 1.807) is 24.6 Å². The number of hydrogen-bond donors (Lipinski definition) is 0. The van der Waals surface area contributed by atoms with E-state index in [1.165, 1.54) is 11.8 Å². The van der Waals surface area contributed by atoms with Crippen LogP contribution in [0.3, 0.4) is 0 Å². The molecule has 0 fully saturated rings. The molecule has 0 bridgehead atoms. The average molecular weight is 219 g/mol. The number of aldehydes is 1. The number of hydrogen-bond acceptors (Lipinski definition) is 4. The second kappa shape index (κ2) is 4.31. The number of nitrogens with zero attached hydrogens (tertiary/aromatic N) is 1. The molecule has 15 heavy (non-hydrogen) atoms. The number of carbonyl (C=O) groups excluding carboxylic acids is 1. The molecule has 2 heterocycles. The van der Waals surface area contributed by atoms with Crippen molar-refractivity contribution in [2.45, 2.75) is 16.8 Å². The van der Waals surface area contributed by atoms with Gasteiger partial charge in [0.1, 0.15) is 10.8 Å². The molecule has 0 aromatic carbocycles.